The lowest BCUT2D eigenvalue weighted by Gasteiger charge is -2.05. The average Bonchev–Trinajstić information content (AvgIpc) is 2.14. The largest absolute Gasteiger partial charge is 0.464 e. The highest BCUT2D eigenvalue weighted by molar-refractivity contribution is 6.28. The minimum absolute atomic E-state index is 0.141. The molecule has 0 saturated heterocycles. The second kappa shape index (κ2) is 5.59. The molecular formula is C8H13ClN4O. The molecule has 5 nitrogen and oxygen atoms in total. The second-order valence-corrected chi connectivity index (χ2v) is 2.91. The third kappa shape index (κ3) is 3.33. The first-order valence-corrected chi connectivity index (χ1v) is 4.92. The fourth-order valence-corrected chi connectivity index (χ4v) is 0.994. The van der Waals surface area contributed by atoms with Crippen LogP contribution in [0, 0.1) is 0 Å². The summed E-state index contributed by atoms with van der Waals surface area (Å²) in [6.45, 7) is 5.22. The maximum Gasteiger partial charge on any atom is 0.322 e. The van der Waals surface area contributed by atoms with Crippen LogP contribution in [0.1, 0.15) is 20.3 Å². The zero-order valence-electron chi connectivity index (χ0n) is 8.25. The summed E-state index contributed by atoms with van der Waals surface area (Å²) in [6, 6.07) is 0.256. The van der Waals surface area contributed by atoms with Crippen molar-refractivity contribution in [2.24, 2.45) is 0 Å². The van der Waals surface area contributed by atoms with Crippen molar-refractivity contribution in [3.05, 3.63) is 5.28 Å². The molecule has 0 aliphatic heterocycles. The van der Waals surface area contributed by atoms with Crippen LogP contribution >= 0.6 is 11.6 Å². The van der Waals surface area contributed by atoms with Gasteiger partial charge < -0.3 is 10.1 Å². The average molecular weight is 217 g/mol. The lowest BCUT2D eigenvalue weighted by Crippen LogP contribution is -2.07. The Labute approximate surface area is 87.9 Å². The Morgan fingerprint density at radius 2 is 2.07 bits per heavy atom. The highest BCUT2D eigenvalue weighted by Crippen LogP contribution is 2.10. The molecule has 0 aliphatic carbocycles. The van der Waals surface area contributed by atoms with E-state index in [1.165, 1.54) is 0 Å². The molecule has 0 spiro atoms. The summed E-state index contributed by atoms with van der Waals surface area (Å²) in [6.07, 6.45) is 0.993. The summed E-state index contributed by atoms with van der Waals surface area (Å²) in [5, 5.41) is 3.15. The number of ether oxygens (including phenoxy) is 1. The van der Waals surface area contributed by atoms with Gasteiger partial charge in [0.15, 0.2) is 0 Å². The van der Waals surface area contributed by atoms with E-state index in [4.69, 9.17) is 16.3 Å². The Morgan fingerprint density at radius 1 is 1.29 bits per heavy atom. The minimum atomic E-state index is 0.141. The van der Waals surface area contributed by atoms with E-state index in [1.807, 2.05) is 6.92 Å². The third-order valence-electron chi connectivity index (χ3n) is 1.39. The summed E-state index contributed by atoms with van der Waals surface area (Å²) < 4.78 is 5.12. The van der Waals surface area contributed by atoms with Gasteiger partial charge in [0.2, 0.25) is 11.2 Å². The summed E-state index contributed by atoms with van der Waals surface area (Å²) in [4.78, 5) is 11.7. The zero-order valence-corrected chi connectivity index (χ0v) is 9.01. The normalized spacial score (nSPS) is 9.93. The minimum Gasteiger partial charge on any atom is -0.464 e. The van der Waals surface area contributed by atoms with Gasteiger partial charge in [-0.3, -0.25) is 0 Å². The van der Waals surface area contributed by atoms with Gasteiger partial charge in [0.25, 0.3) is 0 Å². The first-order valence-electron chi connectivity index (χ1n) is 4.54. The maximum absolute atomic E-state index is 5.68. The summed E-state index contributed by atoms with van der Waals surface area (Å²) in [5.41, 5.74) is 0. The lowest BCUT2D eigenvalue weighted by molar-refractivity contribution is 0.312. The molecule has 0 aromatic carbocycles. The SMILES string of the molecule is CCCNc1nc(Cl)nc(OCC)n1. The van der Waals surface area contributed by atoms with Gasteiger partial charge in [-0.1, -0.05) is 6.92 Å². The van der Waals surface area contributed by atoms with Gasteiger partial charge >= 0.3 is 6.01 Å². The van der Waals surface area contributed by atoms with Crippen molar-refractivity contribution < 1.29 is 4.74 Å². The van der Waals surface area contributed by atoms with Crippen LogP contribution in [0.2, 0.25) is 5.28 Å². The molecule has 0 saturated carbocycles. The van der Waals surface area contributed by atoms with E-state index in [2.05, 4.69) is 27.2 Å². The highest BCUT2D eigenvalue weighted by Gasteiger charge is 2.04. The van der Waals surface area contributed by atoms with E-state index >= 15 is 0 Å². The van der Waals surface area contributed by atoms with Crippen LogP contribution in [0.3, 0.4) is 0 Å². The molecule has 1 aromatic heterocycles. The smallest absolute Gasteiger partial charge is 0.322 e. The van der Waals surface area contributed by atoms with E-state index in [-0.39, 0.29) is 11.3 Å². The van der Waals surface area contributed by atoms with Crippen molar-refractivity contribution in [2.45, 2.75) is 20.3 Å². The third-order valence-corrected chi connectivity index (χ3v) is 1.56. The highest BCUT2D eigenvalue weighted by atomic mass is 35.5. The fraction of sp³-hybridized carbons (Fsp3) is 0.625. The van der Waals surface area contributed by atoms with Crippen LogP contribution in [0.4, 0.5) is 5.95 Å². The second-order valence-electron chi connectivity index (χ2n) is 2.57. The number of halogens is 1. The van der Waals surface area contributed by atoms with Gasteiger partial charge in [0, 0.05) is 6.54 Å². The van der Waals surface area contributed by atoms with Gasteiger partial charge in [0.1, 0.15) is 0 Å². The van der Waals surface area contributed by atoms with Crippen molar-refractivity contribution in [2.75, 3.05) is 18.5 Å². The van der Waals surface area contributed by atoms with Gasteiger partial charge in [-0.15, -0.1) is 0 Å². The van der Waals surface area contributed by atoms with Gasteiger partial charge in [0.05, 0.1) is 6.61 Å². The van der Waals surface area contributed by atoms with Crippen molar-refractivity contribution in [3.8, 4) is 6.01 Å². The van der Waals surface area contributed by atoms with Crippen LogP contribution in [0.15, 0.2) is 0 Å². The molecule has 1 rings (SSSR count). The summed E-state index contributed by atoms with van der Waals surface area (Å²) >= 11 is 5.68. The molecular weight excluding hydrogens is 204 g/mol. The zero-order chi connectivity index (χ0) is 10.4. The molecule has 6 heteroatoms. The number of hydrogen-bond donors (Lipinski definition) is 1. The van der Waals surface area contributed by atoms with Gasteiger partial charge in [-0.05, 0) is 24.9 Å². The van der Waals surface area contributed by atoms with Crippen molar-refractivity contribution >= 4 is 17.5 Å². The molecule has 1 N–H and O–H groups in total. The predicted molar refractivity (Wildman–Crippen MR) is 54.8 cm³/mol. The Balaban J connectivity index is 2.73. The molecule has 0 aliphatic rings. The Kier molecular flexibility index (Phi) is 4.39. The molecule has 0 unspecified atom stereocenters. The molecule has 0 atom stereocenters. The Bertz CT molecular complexity index is 295. The van der Waals surface area contributed by atoms with E-state index in [9.17, 15) is 0 Å². The van der Waals surface area contributed by atoms with Gasteiger partial charge in [-0.2, -0.15) is 15.0 Å². The monoisotopic (exact) mass is 216 g/mol. The fourth-order valence-electron chi connectivity index (χ4n) is 0.841. The standard InChI is InChI=1S/C8H13ClN4O/c1-3-5-10-7-11-6(9)12-8(13-7)14-4-2/h3-5H2,1-2H3,(H,10,11,12,13). The molecule has 0 fully saturated rings. The van der Waals surface area contributed by atoms with Crippen LogP contribution in [-0.4, -0.2) is 28.1 Å². The number of nitrogens with zero attached hydrogens (tertiary/aromatic N) is 3. The number of nitrogens with one attached hydrogen (secondary N) is 1. The number of aromatic nitrogens is 3. The number of hydrogen-bond acceptors (Lipinski definition) is 5. The molecule has 1 heterocycles. The summed E-state index contributed by atoms with van der Waals surface area (Å²) in [7, 11) is 0. The maximum atomic E-state index is 5.68. The molecule has 0 bridgehead atoms. The van der Waals surface area contributed by atoms with Crippen molar-refractivity contribution in [1.82, 2.24) is 15.0 Å². The molecule has 14 heavy (non-hydrogen) atoms. The van der Waals surface area contributed by atoms with Crippen LogP contribution < -0.4 is 10.1 Å². The first-order chi connectivity index (χ1) is 6.76. The Hall–Kier alpha value is -1.10. The quantitative estimate of drug-likeness (QED) is 0.813. The van der Waals surface area contributed by atoms with E-state index in [0.717, 1.165) is 13.0 Å². The van der Waals surface area contributed by atoms with E-state index in [0.29, 0.717) is 12.6 Å². The molecule has 0 radical (unpaired) electrons. The van der Waals surface area contributed by atoms with Crippen LogP contribution in [0.5, 0.6) is 6.01 Å². The first kappa shape index (κ1) is 11.0. The molecule has 1 aromatic rings. The number of anilines is 1. The predicted octanol–water partition coefficient (Wildman–Crippen LogP) is 1.75. The van der Waals surface area contributed by atoms with Crippen molar-refractivity contribution in [3.63, 3.8) is 0 Å². The number of rotatable bonds is 5. The topological polar surface area (TPSA) is 59.9 Å². The lowest BCUT2D eigenvalue weighted by atomic mass is 10.5. The van der Waals surface area contributed by atoms with Gasteiger partial charge in [-0.25, -0.2) is 0 Å². The van der Waals surface area contributed by atoms with E-state index < -0.39 is 0 Å². The van der Waals surface area contributed by atoms with Crippen molar-refractivity contribution in [1.29, 1.82) is 0 Å². The molecule has 0 amide bonds. The summed E-state index contributed by atoms with van der Waals surface area (Å²) in [5.74, 6) is 0.454. The van der Waals surface area contributed by atoms with Crippen LogP contribution in [0.25, 0.3) is 0 Å². The van der Waals surface area contributed by atoms with E-state index in [1.54, 1.807) is 0 Å². The molecule has 78 valence electrons. The van der Waals surface area contributed by atoms with Crippen LogP contribution in [-0.2, 0) is 0 Å². The Morgan fingerprint density at radius 3 is 2.71 bits per heavy atom.